The van der Waals surface area contributed by atoms with Crippen LogP contribution in [0.3, 0.4) is 0 Å². The Morgan fingerprint density at radius 3 is 1.06 bits per heavy atom. The molecule has 0 aliphatic rings. The smallest absolute Gasteiger partial charge is 0.137 e. The fourth-order valence-electron chi connectivity index (χ4n) is 13.6. The van der Waals surface area contributed by atoms with E-state index in [9.17, 15) is 0 Å². The summed E-state index contributed by atoms with van der Waals surface area (Å²) < 4.78 is 7.12. The zero-order chi connectivity index (χ0) is 78.1. The summed E-state index contributed by atoms with van der Waals surface area (Å²) in [6, 6.07) is 99.7. The minimum atomic E-state index is -0.0893. The number of pyridine rings is 4. The summed E-state index contributed by atoms with van der Waals surface area (Å²) in [5.74, 6) is 3.61. The van der Waals surface area contributed by atoms with E-state index >= 15 is 0 Å². The summed E-state index contributed by atoms with van der Waals surface area (Å²) in [5.41, 5.74) is 20.9. The maximum absolute atomic E-state index is 8.98. The average molecular weight is 1430 g/mol. The largest absolute Gasteiger partial charge is 0.309 e. The van der Waals surface area contributed by atoms with Crippen molar-refractivity contribution in [2.24, 2.45) is 0 Å². The Labute approximate surface area is 646 Å². The number of fused-ring (bicyclic) bond motifs is 9. The number of terminal acetylenes is 1. The molecule has 0 aliphatic carbocycles. The Morgan fingerprint density at radius 2 is 0.697 bits per heavy atom. The SMILES string of the molecule is C#Cc1cccc(C#N)c1C(C)(C)C.CC(C)(C)c1cc(-n2c3ccccc3c3ccccc32)cc(-n2c3ccccc3c3ccccc32)c1.CC(C)(C)c1cccc(-c2ccccc2)n1.CC(C)(C)c1cccc(-n2c3ccccc3c3ccccc32)n1.CC(C)(C)c1ccccn1.CC(C)(C)c1cccnc1. The zero-order valence-electron chi connectivity index (χ0n) is 66.9. The van der Waals surface area contributed by atoms with Crippen molar-refractivity contribution in [1.29, 1.82) is 5.26 Å². The van der Waals surface area contributed by atoms with Crippen LogP contribution in [0.25, 0.3) is 93.9 Å². The van der Waals surface area contributed by atoms with Crippen molar-refractivity contribution in [3.05, 3.63) is 343 Å². The van der Waals surface area contributed by atoms with Crippen LogP contribution in [0.1, 0.15) is 170 Å². The van der Waals surface area contributed by atoms with Gasteiger partial charge in [0.1, 0.15) is 5.82 Å². The molecule has 0 spiro atoms. The van der Waals surface area contributed by atoms with E-state index in [1.165, 1.54) is 93.5 Å². The molecule has 0 amide bonds. The molecule has 7 aromatic heterocycles. The van der Waals surface area contributed by atoms with Crippen LogP contribution in [-0.2, 0) is 32.5 Å². The van der Waals surface area contributed by atoms with E-state index in [4.69, 9.17) is 21.7 Å². The standard InChI is InChI=1S/C34H28N2.C21H20N2.C15H17N.C13H13N.2C9H13N/c1-34(2,3)23-20-24(35-30-16-8-4-12-26(30)27-13-5-9-17-31(27)35)22-25(21-23)36-32-18-10-6-14-28(32)29-15-7-11-19-33(29)36;1-21(2,3)19-13-8-14-20(22-19)23-17-11-6-4-9-15(17)16-10-5-7-12-18(16)23;1-15(2,3)14-11-7-10-13(16-14)12-8-5-4-6-9-12;1-5-10-7-6-8-11(9-14)12(10)13(2,3)4;1-9(2,3)8-5-4-6-10-7-8;1-9(2,3)8-6-4-5-7-10-8/h4-22H,1-3H3;4-14H,1-3H3;4-11H,1-3H3;1,6-8H,2-4H3;2*4-7H,1-3H3. The van der Waals surface area contributed by atoms with Crippen LogP contribution in [-0.4, -0.2) is 33.6 Å². The van der Waals surface area contributed by atoms with Crippen LogP contribution in [0.15, 0.2) is 298 Å². The molecule has 109 heavy (non-hydrogen) atoms. The number of hydrogen-bond donors (Lipinski definition) is 0. The fourth-order valence-corrected chi connectivity index (χ4v) is 13.6. The Hall–Kier alpha value is -12.0. The van der Waals surface area contributed by atoms with Crippen LogP contribution in [0.2, 0.25) is 0 Å². The lowest BCUT2D eigenvalue weighted by Crippen LogP contribution is -2.15. The van der Waals surface area contributed by atoms with Gasteiger partial charge in [-0.05, 0) is 142 Å². The van der Waals surface area contributed by atoms with Gasteiger partial charge < -0.3 is 9.13 Å². The van der Waals surface area contributed by atoms with Gasteiger partial charge in [-0.3, -0.25) is 19.5 Å². The molecule has 7 heterocycles. The first-order chi connectivity index (χ1) is 51.8. The molecule has 0 saturated heterocycles. The number of aromatic nitrogens is 7. The summed E-state index contributed by atoms with van der Waals surface area (Å²) in [6.45, 7) is 39.3. The average Bonchev–Trinajstić information content (AvgIpc) is 1.59. The van der Waals surface area contributed by atoms with Crippen molar-refractivity contribution >= 4 is 65.4 Å². The Morgan fingerprint density at radius 1 is 0.312 bits per heavy atom. The van der Waals surface area contributed by atoms with Gasteiger partial charge in [-0.25, -0.2) is 4.98 Å². The molecule has 8 nitrogen and oxygen atoms in total. The predicted molar refractivity (Wildman–Crippen MR) is 463 cm³/mol. The van der Waals surface area contributed by atoms with E-state index in [0.717, 1.165) is 39.7 Å². The molecule has 0 aliphatic heterocycles. The van der Waals surface area contributed by atoms with E-state index in [-0.39, 0.29) is 32.5 Å². The van der Waals surface area contributed by atoms with Crippen LogP contribution in [0, 0.1) is 23.7 Å². The molecule has 16 rings (SSSR count). The monoisotopic (exact) mass is 1430 g/mol. The molecule has 0 N–H and O–H groups in total. The van der Waals surface area contributed by atoms with Crippen LogP contribution < -0.4 is 0 Å². The van der Waals surface area contributed by atoms with Gasteiger partial charge in [-0.1, -0.05) is 300 Å². The summed E-state index contributed by atoms with van der Waals surface area (Å²) in [7, 11) is 0. The molecule has 0 radical (unpaired) electrons. The molecule has 16 aromatic rings. The molecular formula is C101H104N8. The third kappa shape index (κ3) is 18.2. The third-order valence-corrected chi connectivity index (χ3v) is 19.4. The topological polar surface area (TPSA) is 90.1 Å². The van der Waals surface area contributed by atoms with Gasteiger partial charge in [-0.15, -0.1) is 6.42 Å². The summed E-state index contributed by atoms with van der Waals surface area (Å²) in [5, 5.41) is 16.7. The summed E-state index contributed by atoms with van der Waals surface area (Å²) in [4.78, 5) is 18.0. The maximum Gasteiger partial charge on any atom is 0.137 e. The number of nitrogens with zero attached hydrogens (tertiary/aromatic N) is 8. The van der Waals surface area contributed by atoms with E-state index < -0.39 is 0 Å². The molecule has 0 saturated carbocycles. The highest BCUT2D eigenvalue weighted by atomic mass is 15.1. The maximum atomic E-state index is 8.98. The molecule has 0 bridgehead atoms. The minimum absolute atomic E-state index is 0.00226. The summed E-state index contributed by atoms with van der Waals surface area (Å²) >= 11 is 0. The molecule has 0 atom stereocenters. The second-order valence-electron chi connectivity index (χ2n) is 33.9. The normalized spacial score (nSPS) is 11.7. The minimum Gasteiger partial charge on any atom is -0.309 e. The molecule has 8 heteroatoms. The number of nitriles is 1. The van der Waals surface area contributed by atoms with Gasteiger partial charge in [0.2, 0.25) is 0 Å². The molecule has 0 fully saturated rings. The second-order valence-corrected chi connectivity index (χ2v) is 33.9. The quantitative estimate of drug-likeness (QED) is 0.164. The Bertz CT molecular complexity index is 5500. The lowest BCUT2D eigenvalue weighted by atomic mass is 9.81. The van der Waals surface area contributed by atoms with Crippen molar-refractivity contribution in [2.75, 3.05) is 0 Å². The van der Waals surface area contributed by atoms with Crippen LogP contribution in [0.5, 0.6) is 0 Å². The van der Waals surface area contributed by atoms with E-state index in [0.29, 0.717) is 5.56 Å². The molecular weight excluding hydrogens is 1330 g/mol. The second kappa shape index (κ2) is 32.6. The fraction of sp³-hybridized carbons (Fsp3) is 0.238. The zero-order valence-corrected chi connectivity index (χ0v) is 66.9. The van der Waals surface area contributed by atoms with Gasteiger partial charge in [-0.2, -0.15) is 5.26 Å². The Kier molecular flexibility index (Phi) is 23.4. The van der Waals surface area contributed by atoms with E-state index in [2.05, 4.69) is 385 Å². The molecule has 9 aromatic carbocycles. The molecule has 548 valence electrons. The predicted octanol–water partition coefficient (Wildman–Crippen LogP) is 26.3. The first-order valence-corrected chi connectivity index (χ1v) is 37.8. The van der Waals surface area contributed by atoms with Crippen molar-refractivity contribution in [3.8, 4) is 46.9 Å². The van der Waals surface area contributed by atoms with Crippen molar-refractivity contribution in [1.82, 2.24) is 33.6 Å². The lowest BCUT2D eigenvalue weighted by Gasteiger charge is -2.23. The van der Waals surface area contributed by atoms with Crippen molar-refractivity contribution < 1.29 is 0 Å². The number of benzene rings is 9. The Balaban J connectivity index is 0.000000140. The first-order valence-electron chi connectivity index (χ1n) is 37.8. The van der Waals surface area contributed by atoms with Gasteiger partial charge in [0.15, 0.2) is 0 Å². The number of hydrogen-bond acceptors (Lipinski definition) is 5. The van der Waals surface area contributed by atoms with E-state index in [1.807, 2.05) is 60.9 Å². The van der Waals surface area contributed by atoms with Gasteiger partial charge >= 0.3 is 0 Å². The lowest BCUT2D eigenvalue weighted by molar-refractivity contribution is 0.567. The van der Waals surface area contributed by atoms with Crippen molar-refractivity contribution in [3.63, 3.8) is 0 Å². The number of rotatable bonds is 4. The highest BCUT2D eigenvalue weighted by molar-refractivity contribution is 6.11. The van der Waals surface area contributed by atoms with Gasteiger partial charge in [0.05, 0.1) is 50.4 Å². The van der Waals surface area contributed by atoms with Crippen LogP contribution >= 0.6 is 0 Å². The van der Waals surface area contributed by atoms with Gasteiger partial charge in [0.25, 0.3) is 0 Å². The molecule has 0 unspecified atom stereocenters. The first kappa shape index (κ1) is 78.1. The van der Waals surface area contributed by atoms with Crippen LogP contribution in [0.4, 0.5) is 0 Å². The third-order valence-electron chi connectivity index (χ3n) is 19.4. The highest BCUT2D eigenvalue weighted by Gasteiger charge is 2.25. The van der Waals surface area contributed by atoms with Crippen molar-refractivity contribution in [2.45, 2.75) is 157 Å². The highest BCUT2D eigenvalue weighted by Crippen LogP contribution is 2.39. The van der Waals surface area contributed by atoms with E-state index in [1.54, 1.807) is 12.3 Å². The summed E-state index contributed by atoms with van der Waals surface area (Å²) in [6.07, 6.45) is 11.0. The number of para-hydroxylation sites is 6. The van der Waals surface area contributed by atoms with Gasteiger partial charge in [0, 0.05) is 107 Å².